The summed E-state index contributed by atoms with van der Waals surface area (Å²) in [4.78, 5) is 11.7. The molecule has 0 aromatic heterocycles. The van der Waals surface area contributed by atoms with Gasteiger partial charge in [0.1, 0.15) is 0 Å². The zero-order valence-electron chi connectivity index (χ0n) is 10.6. The fraction of sp³-hybridized carbons (Fsp3) is 0.462. The normalized spacial score (nSPS) is 16.3. The number of esters is 1. The van der Waals surface area contributed by atoms with E-state index in [0.29, 0.717) is 12.5 Å². The minimum Gasteiger partial charge on any atom is -0.462 e. The Kier molecular flexibility index (Phi) is 4.94. The Morgan fingerprint density at radius 2 is 1.90 bits per heavy atom. The molecule has 0 bridgehead atoms. The van der Waals surface area contributed by atoms with Gasteiger partial charge in [0, 0.05) is 15.7 Å². The number of rotatable bonds is 4. The van der Waals surface area contributed by atoms with Gasteiger partial charge in [-0.15, -0.1) is 0 Å². The van der Waals surface area contributed by atoms with E-state index in [4.69, 9.17) is 27.0 Å². The summed E-state index contributed by atoms with van der Waals surface area (Å²) in [6, 6.07) is 3.73. The maximum Gasteiger partial charge on any atom is 0.338 e. The van der Waals surface area contributed by atoms with Gasteiger partial charge in [-0.3, -0.25) is 0 Å². The molecule has 7 heteroatoms. The van der Waals surface area contributed by atoms with Crippen molar-refractivity contribution in [1.82, 2.24) is 0 Å². The van der Waals surface area contributed by atoms with Crippen molar-refractivity contribution in [3.05, 3.63) is 28.8 Å². The molecule has 0 saturated heterocycles. The minimum atomic E-state index is -3.93. The van der Waals surface area contributed by atoms with Crippen LogP contribution in [-0.4, -0.2) is 21.0 Å². The maximum absolute atomic E-state index is 11.9. The van der Waals surface area contributed by atoms with E-state index < -0.39 is 15.0 Å². The van der Waals surface area contributed by atoms with E-state index in [2.05, 4.69) is 0 Å². The van der Waals surface area contributed by atoms with Crippen LogP contribution in [0.4, 0.5) is 0 Å². The Balaban J connectivity index is 2.11. The molecule has 1 aliphatic carbocycles. The van der Waals surface area contributed by atoms with Gasteiger partial charge in [0.15, 0.2) is 0 Å². The quantitative estimate of drug-likeness (QED) is 0.622. The summed E-state index contributed by atoms with van der Waals surface area (Å²) >= 11 is 5.80. The monoisotopic (exact) mass is 336 g/mol. The van der Waals surface area contributed by atoms with Crippen LogP contribution in [0.2, 0.25) is 5.02 Å². The SMILES string of the molecule is O=C(OCC1CCCC1)c1cc(Cl)cc(S(=O)(=O)Cl)c1. The van der Waals surface area contributed by atoms with Gasteiger partial charge < -0.3 is 4.74 Å². The summed E-state index contributed by atoms with van der Waals surface area (Å²) in [5, 5.41) is 0.125. The highest BCUT2D eigenvalue weighted by molar-refractivity contribution is 8.13. The molecule has 20 heavy (non-hydrogen) atoms. The second-order valence-corrected chi connectivity index (χ2v) is 7.86. The Morgan fingerprint density at radius 3 is 2.50 bits per heavy atom. The van der Waals surface area contributed by atoms with Gasteiger partial charge in [-0.05, 0) is 37.0 Å². The van der Waals surface area contributed by atoms with E-state index in [9.17, 15) is 13.2 Å². The van der Waals surface area contributed by atoms with E-state index in [1.54, 1.807) is 0 Å². The largest absolute Gasteiger partial charge is 0.462 e. The van der Waals surface area contributed by atoms with Crippen LogP contribution in [0, 0.1) is 5.92 Å². The van der Waals surface area contributed by atoms with Gasteiger partial charge >= 0.3 is 5.97 Å². The number of ether oxygens (including phenoxy) is 1. The number of hydrogen-bond donors (Lipinski definition) is 0. The molecule has 0 heterocycles. The third kappa shape index (κ3) is 4.11. The van der Waals surface area contributed by atoms with Crippen molar-refractivity contribution in [1.29, 1.82) is 0 Å². The fourth-order valence-corrected chi connectivity index (χ4v) is 3.38. The van der Waals surface area contributed by atoms with Crippen LogP contribution in [0.25, 0.3) is 0 Å². The second-order valence-electron chi connectivity index (χ2n) is 4.86. The van der Waals surface area contributed by atoms with Crippen LogP contribution in [0.5, 0.6) is 0 Å². The molecule has 110 valence electrons. The Hall–Kier alpha value is -0.780. The summed E-state index contributed by atoms with van der Waals surface area (Å²) in [6.45, 7) is 0.355. The van der Waals surface area contributed by atoms with Crippen molar-refractivity contribution < 1.29 is 17.9 Å². The standard InChI is InChI=1S/C13H14Cl2O4S/c14-11-5-10(6-12(7-11)20(15,17)18)13(16)19-8-9-3-1-2-4-9/h5-7,9H,1-4,8H2. The highest BCUT2D eigenvalue weighted by atomic mass is 35.7. The minimum absolute atomic E-state index is 0.0923. The number of carbonyl (C=O) groups excluding carboxylic acids is 1. The van der Waals surface area contributed by atoms with Crippen molar-refractivity contribution in [2.24, 2.45) is 5.92 Å². The van der Waals surface area contributed by atoms with Gasteiger partial charge in [0.05, 0.1) is 17.1 Å². The average molecular weight is 337 g/mol. The van der Waals surface area contributed by atoms with E-state index >= 15 is 0 Å². The maximum atomic E-state index is 11.9. The Bertz CT molecular complexity index is 607. The lowest BCUT2D eigenvalue weighted by molar-refractivity contribution is 0.0442. The van der Waals surface area contributed by atoms with Crippen LogP contribution >= 0.6 is 22.3 Å². The summed E-state index contributed by atoms with van der Waals surface area (Å²) in [5.74, 6) is -0.185. The van der Waals surface area contributed by atoms with Crippen LogP contribution < -0.4 is 0 Å². The molecule has 0 atom stereocenters. The molecule has 1 aromatic rings. The number of hydrogen-bond acceptors (Lipinski definition) is 4. The van der Waals surface area contributed by atoms with Crippen LogP contribution in [0.1, 0.15) is 36.0 Å². The number of halogens is 2. The van der Waals surface area contributed by atoms with Crippen molar-refractivity contribution >= 4 is 37.3 Å². The predicted molar refractivity (Wildman–Crippen MR) is 76.7 cm³/mol. The highest BCUT2D eigenvalue weighted by Gasteiger charge is 2.19. The molecule has 1 saturated carbocycles. The van der Waals surface area contributed by atoms with Gasteiger partial charge in [0.25, 0.3) is 9.05 Å². The number of carbonyl (C=O) groups is 1. The average Bonchev–Trinajstić information content (AvgIpc) is 2.87. The van der Waals surface area contributed by atoms with E-state index in [0.717, 1.165) is 25.7 Å². The second kappa shape index (κ2) is 6.33. The van der Waals surface area contributed by atoms with Crippen molar-refractivity contribution in [2.75, 3.05) is 6.61 Å². The molecule has 0 unspecified atom stereocenters. The zero-order valence-corrected chi connectivity index (χ0v) is 13.0. The molecule has 0 radical (unpaired) electrons. The van der Waals surface area contributed by atoms with Crippen molar-refractivity contribution in [3.8, 4) is 0 Å². The van der Waals surface area contributed by atoms with E-state index in [-0.39, 0.29) is 15.5 Å². The summed E-state index contributed by atoms with van der Waals surface area (Å²) in [6.07, 6.45) is 4.44. The Morgan fingerprint density at radius 1 is 1.25 bits per heavy atom. The van der Waals surface area contributed by atoms with E-state index in [1.165, 1.54) is 18.2 Å². The lowest BCUT2D eigenvalue weighted by Crippen LogP contribution is -2.12. The van der Waals surface area contributed by atoms with Crippen molar-refractivity contribution in [2.45, 2.75) is 30.6 Å². The molecule has 0 spiro atoms. The topological polar surface area (TPSA) is 60.4 Å². The third-order valence-electron chi connectivity index (χ3n) is 3.31. The molecular formula is C13H14Cl2O4S. The molecule has 1 aromatic carbocycles. The highest BCUT2D eigenvalue weighted by Crippen LogP contribution is 2.26. The van der Waals surface area contributed by atoms with Gasteiger partial charge in [-0.25, -0.2) is 13.2 Å². The first-order chi connectivity index (χ1) is 9.36. The van der Waals surface area contributed by atoms with E-state index in [1.807, 2.05) is 0 Å². The lowest BCUT2D eigenvalue weighted by atomic mass is 10.1. The smallest absolute Gasteiger partial charge is 0.338 e. The fourth-order valence-electron chi connectivity index (χ4n) is 2.28. The molecule has 4 nitrogen and oxygen atoms in total. The molecular weight excluding hydrogens is 323 g/mol. The molecule has 2 rings (SSSR count). The summed E-state index contributed by atoms with van der Waals surface area (Å²) in [7, 11) is 1.32. The van der Waals surface area contributed by atoms with Crippen LogP contribution in [0.3, 0.4) is 0 Å². The summed E-state index contributed by atoms with van der Waals surface area (Å²) in [5.41, 5.74) is 0.0923. The Labute approximate surface area is 127 Å². The van der Waals surface area contributed by atoms with Gasteiger partial charge in [-0.2, -0.15) is 0 Å². The number of benzene rings is 1. The molecule has 0 N–H and O–H groups in total. The third-order valence-corrected chi connectivity index (χ3v) is 4.86. The summed E-state index contributed by atoms with van der Waals surface area (Å²) < 4.78 is 27.8. The first-order valence-corrected chi connectivity index (χ1v) is 8.97. The molecule has 0 amide bonds. The molecule has 1 fully saturated rings. The zero-order chi connectivity index (χ0) is 14.8. The van der Waals surface area contributed by atoms with Crippen molar-refractivity contribution in [3.63, 3.8) is 0 Å². The molecule has 1 aliphatic rings. The predicted octanol–water partition coefficient (Wildman–Crippen LogP) is 3.61. The van der Waals surface area contributed by atoms with Crippen LogP contribution in [-0.2, 0) is 13.8 Å². The van der Waals surface area contributed by atoms with Crippen LogP contribution in [0.15, 0.2) is 23.1 Å². The first kappa shape index (κ1) is 15.6. The van der Waals surface area contributed by atoms with Gasteiger partial charge in [0.2, 0.25) is 0 Å². The van der Waals surface area contributed by atoms with Gasteiger partial charge in [-0.1, -0.05) is 24.4 Å². The lowest BCUT2D eigenvalue weighted by Gasteiger charge is -2.10. The molecule has 0 aliphatic heterocycles. The first-order valence-electron chi connectivity index (χ1n) is 6.28.